The van der Waals surface area contributed by atoms with Crippen molar-refractivity contribution in [2.45, 2.75) is 0 Å². The van der Waals surface area contributed by atoms with Crippen LogP contribution in [0.25, 0.3) is 18.2 Å². The summed E-state index contributed by atoms with van der Waals surface area (Å²) in [6.45, 7) is 11.1. The highest BCUT2D eigenvalue weighted by Gasteiger charge is 2.51. The van der Waals surface area contributed by atoms with Crippen LogP contribution >= 0.6 is 0 Å². The lowest BCUT2D eigenvalue weighted by Crippen LogP contribution is -2.59. The molecule has 234 valence electrons. The van der Waals surface area contributed by atoms with Crippen LogP contribution in [-0.2, 0) is 0 Å². The maximum Gasteiger partial charge on any atom is 0.283 e. The molecule has 7 rings (SSSR count). The van der Waals surface area contributed by atoms with Crippen LogP contribution in [-0.4, -0.2) is 65.4 Å². The third-order valence-electron chi connectivity index (χ3n) is 7.87. The minimum absolute atomic E-state index is 0.0460. The fourth-order valence-corrected chi connectivity index (χ4v) is 5.75. The number of carbonyl (C=O) groups is 6. The second-order valence-corrected chi connectivity index (χ2v) is 10.4. The Morgan fingerprint density at radius 2 is 1.02 bits per heavy atom. The molecular weight excluding hydrogens is 618 g/mol. The topological polar surface area (TPSA) is 192 Å². The average Bonchev–Trinajstić information content (AvgIpc) is 3.60. The van der Waals surface area contributed by atoms with Gasteiger partial charge < -0.3 is 5.73 Å². The van der Waals surface area contributed by atoms with Crippen molar-refractivity contribution in [1.29, 1.82) is 0 Å². The van der Waals surface area contributed by atoms with Crippen molar-refractivity contribution >= 4 is 71.5 Å². The number of imide groups is 3. The Morgan fingerprint density at radius 3 is 1.48 bits per heavy atom. The first-order valence-electron chi connectivity index (χ1n) is 14.1. The highest BCUT2D eigenvalue weighted by molar-refractivity contribution is 6.27. The summed E-state index contributed by atoms with van der Waals surface area (Å²) in [4.78, 5) is 94.7. The quantitative estimate of drug-likeness (QED) is 0.268. The molecule has 0 bridgehead atoms. The van der Waals surface area contributed by atoms with Crippen LogP contribution < -0.4 is 16.3 Å². The van der Waals surface area contributed by atoms with E-state index in [-0.39, 0.29) is 33.4 Å². The molecule has 0 saturated heterocycles. The molecule has 15 nitrogen and oxygen atoms in total. The van der Waals surface area contributed by atoms with Gasteiger partial charge in [0.05, 0.1) is 33.4 Å². The molecule has 0 aliphatic carbocycles. The van der Waals surface area contributed by atoms with Crippen molar-refractivity contribution in [3.63, 3.8) is 0 Å². The highest BCUT2D eigenvalue weighted by atomic mass is 16.2. The van der Waals surface area contributed by atoms with Gasteiger partial charge in [-0.05, 0) is 34.9 Å². The maximum absolute atomic E-state index is 14.0. The lowest BCUT2D eigenvalue weighted by Gasteiger charge is -2.34. The van der Waals surface area contributed by atoms with Gasteiger partial charge in [0, 0.05) is 0 Å². The Bertz CT molecular complexity index is 2160. The molecule has 0 radical (unpaired) electrons. The van der Waals surface area contributed by atoms with E-state index in [0.717, 1.165) is 0 Å². The number of anilines is 3. The number of rotatable bonds is 8. The molecule has 1 aromatic heterocycles. The first-order chi connectivity index (χ1) is 23.1. The zero-order chi connectivity index (χ0) is 34.0. The third-order valence-corrected chi connectivity index (χ3v) is 7.87. The zero-order valence-electron chi connectivity index (χ0n) is 24.7. The van der Waals surface area contributed by atoms with E-state index in [1.807, 2.05) is 0 Å². The summed E-state index contributed by atoms with van der Waals surface area (Å²) in [5, 5.41) is 2.27. The molecule has 0 saturated carbocycles. The molecule has 4 aromatic rings. The summed E-state index contributed by atoms with van der Waals surface area (Å²) < 4.78 is 0. The molecule has 15 heteroatoms. The smallest absolute Gasteiger partial charge is 0.283 e. The van der Waals surface area contributed by atoms with Gasteiger partial charge in [-0.15, -0.1) is 5.12 Å². The molecule has 4 heterocycles. The second kappa shape index (κ2) is 10.7. The molecular formula is C33H21N9O6. The number of amides is 6. The predicted octanol–water partition coefficient (Wildman–Crippen LogP) is 3.23. The van der Waals surface area contributed by atoms with Crippen LogP contribution in [0.4, 0.5) is 17.8 Å². The van der Waals surface area contributed by atoms with Crippen molar-refractivity contribution < 1.29 is 28.8 Å². The van der Waals surface area contributed by atoms with E-state index >= 15 is 0 Å². The number of hydrogen-bond acceptors (Lipinski definition) is 12. The van der Waals surface area contributed by atoms with Gasteiger partial charge >= 0.3 is 0 Å². The minimum Gasteiger partial charge on any atom is -0.368 e. The standard InChI is InChI=1S/C33H21N9O6/c1-4-16-10-7-13-19-22(16)28(46)39(25(19)43)38-32-35-31(34)36-33(37-32)42(40-26(44)20-14-8-11-17(5-2)23(20)29(40)47)41-27(45)21-15-9-12-18(6-3)24(21)30(41)48/h4-15H,1-3H2,(H3,34,35,36,37,38). The molecule has 48 heavy (non-hydrogen) atoms. The number of nitrogens with zero attached hydrogens (tertiary/aromatic N) is 7. The number of carbonyl (C=O) groups excluding carboxylic acids is 6. The van der Waals surface area contributed by atoms with Gasteiger partial charge in [0.25, 0.3) is 41.4 Å². The van der Waals surface area contributed by atoms with E-state index in [9.17, 15) is 28.8 Å². The van der Waals surface area contributed by atoms with Crippen LogP contribution in [0.15, 0.2) is 74.3 Å². The van der Waals surface area contributed by atoms with Gasteiger partial charge in [-0.25, -0.2) is 0 Å². The molecule has 0 spiro atoms. The maximum atomic E-state index is 14.0. The first kappa shape index (κ1) is 29.4. The largest absolute Gasteiger partial charge is 0.368 e. The van der Waals surface area contributed by atoms with E-state index in [2.05, 4.69) is 40.1 Å². The van der Waals surface area contributed by atoms with E-state index < -0.39 is 53.3 Å². The van der Waals surface area contributed by atoms with Gasteiger partial charge in [-0.1, -0.05) is 74.4 Å². The highest BCUT2D eigenvalue weighted by Crippen LogP contribution is 2.35. The predicted molar refractivity (Wildman–Crippen MR) is 171 cm³/mol. The van der Waals surface area contributed by atoms with Crippen LogP contribution in [0, 0.1) is 0 Å². The summed E-state index contributed by atoms with van der Waals surface area (Å²) in [5.41, 5.74) is 9.55. The lowest BCUT2D eigenvalue weighted by molar-refractivity contribution is 0.0400. The normalized spacial score (nSPS) is 14.7. The number of fused-ring (bicyclic) bond motifs is 3. The van der Waals surface area contributed by atoms with Crippen molar-refractivity contribution in [3.05, 3.63) is 124 Å². The van der Waals surface area contributed by atoms with Gasteiger partial charge in [-0.3, -0.25) is 34.2 Å². The van der Waals surface area contributed by atoms with E-state index in [1.54, 1.807) is 24.3 Å². The van der Waals surface area contributed by atoms with Crippen molar-refractivity contribution in [1.82, 2.24) is 30.0 Å². The number of nitrogen functional groups attached to an aromatic ring is 1. The molecule has 0 fully saturated rings. The Hall–Kier alpha value is -7.29. The van der Waals surface area contributed by atoms with Crippen molar-refractivity contribution in [2.75, 3.05) is 16.3 Å². The fraction of sp³-hybridized carbons (Fsp3) is 0. The number of nitrogens with two attached hydrogens (primary N) is 1. The molecule has 3 N–H and O–H groups in total. The zero-order valence-corrected chi connectivity index (χ0v) is 24.7. The summed E-state index contributed by atoms with van der Waals surface area (Å²) >= 11 is 0. The number of nitrogens with one attached hydrogen (secondary N) is 1. The number of hydrazine groups is 3. The van der Waals surface area contributed by atoms with Crippen LogP contribution in [0.3, 0.4) is 0 Å². The Balaban J connectivity index is 1.37. The van der Waals surface area contributed by atoms with Crippen LogP contribution in [0.1, 0.15) is 78.8 Å². The second-order valence-electron chi connectivity index (χ2n) is 10.4. The Morgan fingerprint density at radius 1 is 0.583 bits per heavy atom. The summed E-state index contributed by atoms with van der Waals surface area (Å²) in [6.07, 6.45) is 4.17. The first-order valence-corrected chi connectivity index (χ1v) is 14.1. The molecule has 0 unspecified atom stereocenters. The van der Waals surface area contributed by atoms with Gasteiger partial charge in [0.15, 0.2) is 0 Å². The van der Waals surface area contributed by atoms with Gasteiger partial charge in [0.2, 0.25) is 11.9 Å². The summed E-state index contributed by atoms with van der Waals surface area (Å²) in [6, 6.07) is 13.6. The van der Waals surface area contributed by atoms with Crippen LogP contribution in [0.5, 0.6) is 0 Å². The van der Waals surface area contributed by atoms with E-state index in [1.165, 1.54) is 48.6 Å². The van der Waals surface area contributed by atoms with E-state index in [0.29, 0.717) is 36.8 Å². The number of aromatic nitrogens is 3. The monoisotopic (exact) mass is 639 g/mol. The minimum atomic E-state index is -0.934. The molecule has 0 atom stereocenters. The average molecular weight is 640 g/mol. The number of hydrogen-bond donors (Lipinski definition) is 2. The summed E-state index contributed by atoms with van der Waals surface area (Å²) in [7, 11) is 0. The van der Waals surface area contributed by atoms with E-state index in [4.69, 9.17) is 5.73 Å². The number of benzene rings is 3. The van der Waals surface area contributed by atoms with Gasteiger partial charge in [0.1, 0.15) is 0 Å². The van der Waals surface area contributed by atoms with Crippen molar-refractivity contribution in [2.24, 2.45) is 0 Å². The molecule has 3 aliphatic rings. The lowest BCUT2D eigenvalue weighted by atomic mass is 10.0. The Kier molecular flexibility index (Phi) is 6.53. The van der Waals surface area contributed by atoms with Crippen molar-refractivity contribution in [3.8, 4) is 0 Å². The van der Waals surface area contributed by atoms with Gasteiger partial charge in [-0.2, -0.15) is 30.0 Å². The molecule has 3 aliphatic heterocycles. The molecule has 6 amide bonds. The fourth-order valence-electron chi connectivity index (χ4n) is 5.75. The summed E-state index contributed by atoms with van der Waals surface area (Å²) in [5.74, 6) is -6.89. The Labute approximate surface area is 270 Å². The SMILES string of the molecule is C=Cc1cccc2c1C(=O)N(Nc1nc(N)nc(N(N3C(=O)c4cccc(C=C)c4C3=O)N3C(=O)c4cccc(C=C)c4C3=O)n1)C2=O. The third kappa shape index (κ3) is 4.04. The van der Waals surface area contributed by atoms with Crippen LogP contribution in [0.2, 0.25) is 0 Å². The molecule has 3 aromatic carbocycles.